The number of esters is 1. The summed E-state index contributed by atoms with van der Waals surface area (Å²) in [6.07, 6.45) is 3.14. The highest BCUT2D eigenvalue weighted by molar-refractivity contribution is 6.11. The Balaban J connectivity index is 1.72. The van der Waals surface area contributed by atoms with Crippen molar-refractivity contribution in [3.8, 4) is 0 Å². The Morgan fingerprint density at radius 3 is 2.52 bits per heavy atom. The van der Waals surface area contributed by atoms with Crippen molar-refractivity contribution in [2.24, 2.45) is 0 Å². The second-order valence-corrected chi connectivity index (χ2v) is 6.79. The topological polar surface area (TPSA) is 90.0 Å². The van der Waals surface area contributed by atoms with Crippen LogP contribution >= 0.6 is 0 Å². The van der Waals surface area contributed by atoms with Crippen LogP contribution in [-0.2, 0) is 11.3 Å². The smallest absolute Gasteiger partial charge is 0.340 e. The maximum atomic E-state index is 13.0. The summed E-state index contributed by atoms with van der Waals surface area (Å²) >= 11 is 0. The lowest BCUT2D eigenvalue weighted by Crippen LogP contribution is -2.22. The third-order valence-electron chi connectivity index (χ3n) is 4.80. The molecule has 0 spiro atoms. The van der Waals surface area contributed by atoms with Crippen molar-refractivity contribution >= 4 is 23.2 Å². The van der Waals surface area contributed by atoms with Crippen LogP contribution in [0, 0.1) is 0 Å². The van der Waals surface area contributed by atoms with Crippen molar-refractivity contribution in [1.29, 1.82) is 0 Å². The average molecular weight is 416 g/mol. The minimum Gasteiger partial charge on any atom is -0.467 e. The number of carbonyl (C=O) groups excluding carboxylic acids is 3. The van der Waals surface area contributed by atoms with E-state index < -0.39 is 5.97 Å². The van der Waals surface area contributed by atoms with E-state index in [0.717, 1.165) is 0 Å². The molecule has 0 saturated heterocycles. The van der Waals surface area contributed by atoms with E-state index in [2.05, 4.69) is 5.32 Å². The lowest BCUT2D eigenvalue weighted by Gasteiger charge is -2.07. The van der Waals surface area contributed by atoms with Crippen molar-refractivity contribution in [3.05, 3.63) is 101 Å². The van der Waals surface area contributed by atoms with E-state index in [1.165, 1.54) is 12.3 Å². The van der Waals surface area contributed by atoms with E-state index in [0.29, 0.717) is 28.1 Å². The fourth-order valence-electron chi connectivity index (χ4n) is 3.31. The van der Waals surface area contributed by atoms with Gasteiger partial charge in [0.05, 0.1) is 36.2 Å². The second-order valence-electron chi connectivity index (χ2n) is 6.79. The van der Waals surface area contributed by atoms with Crippen LogP contribution in [0.15, 0.2) is 77.5 Å². The Labute approximate surface area is 178 Å². The minimum atomic E-state index is -0.555. The number of fused-ring (bicyclic) bond motifs is 1. The number of ether oxygens (including phenoxy) is 1. The molecule has 7 heteroatoms. The summed E-state index contributed by atoms with van der Waals surface area (Å²) in [7, 11) is 0. The molecule has 7 nitrogen and oxygen atoms in total. The molecule has 3 aromatic heterocycles. The minimum absolute atomic E-state index is 0.196. The summed E-state index contributed by atoms with van der Waals surface area (Å²) < 4.78 is 12.0. The standard InChI is InChI=1S/C24H20N2O5/c1-2-30-24(29)19-14-21(22(27)16-7-4-3-5-8-16)26-11-10-17(13-20(19)26)23(28)25-15-18-9-6-12-31-18/h3-14H,2,15H2,1H3,(H,25,28). The predicted octanol–water partition coefficient (Wildman–Crippen LogP) is 3.87. The van der Waals surface area contributed by atoms with Gasteiger partial charge in [-0.2, -0.15) is 0 Å². The predicted molar refractivity (Wildman–Crippen MR) is 113 cm³/mol. The normalized spacial score (nSPS) is 10.7. The third kappa shape index (κ3) is 4.11. The van der Waals surface area contributed by atoms with Gasteiger partial charge in [-0.15, -0.1) is 0 Å². The van der Waals surface area contributed by atoms with Gasteiger partial charge in [-0.3, -0.25) is 9.59 Å². The number of hydrogen-bond acceptors (Lipinski definition) is 5. The highest BCUT2D eigenvalue weighted by Crippen LogP contribution is 2.22. The Bertz CT molecular complexity index is 1240. The molecule has 0 aliphatic rings. The zero-order valence-electron chi connectivity index (χ0n) is 16.8. The van der Waals surface area contributed by atoms with Crippen LogP contribution in [0.5, 0.6) is 0 Å². The lowest BCUT2D eigenvalue weighted by molar-refractivity contribution is 0.0528. The number of hydrogen-bond donors (Lipinski definition) is 1. The average Bonchev–Trinajstić information content (AvgIpc) is 3.45. The molecular formula is C24H20N2O5. The molecule has 0 fully saturated rings. The zero-order chi connectivity index (χ0) is 21.8. The lowest BCUT2D eigenvalue weighted by atomic mass is 10.1. The number of nitrogens with zero attached hydrogens (tertiary/aromatic N) is 1. The van der Waals surface area contributed by atoms with Crippen molar-refractivity contribution in [2.75, 3.05) is 6.61 Å². The van der Waals surface area contributed by atoms with Gasteiger partial charge in [0.25, 0.3) is 5.91 Å². The van der Waals surface area contributed by atoms with Crippen LogP contribution in [0.3, 0.4) is 0 Å². The summed E-state index contributed by atoms with van der Waals surface area (Å²) in [5, 5.41) is 2.77. The number of amides is 1. The van der Waals surface area contributed by atoms with Gasteiger partial charge in [0, 0.05) is 17.3 Å². The molecule has 0 aliphatic carbocycles. The first-order valence-corrected chi connectivity index (χ1v) is 9.81. The molecular weight excluding hydrogens is 396 g/mol. The number of pyridine rings is 1. The van der Waals surface area contributed by atoms with E-state index in [1.54, 1.807) is 66.1 Å². The molecule has 0 saturated carbocycles. The Morgan fingerprint density at radius 2 is 1.81 bits per heavy atom. The monoisotopic (exact) mass is 416 g/mol. The maximum absolute atomic E-state index is 13.0. The number of nitrogens with one attached hydrogen (secondary N) is 1. The van der Waals surface area contributed by atoms with Crippen LogP contribution in [0.25, 0.3) is 5.52 Å². The fraction of sp³-hybridized carbons (Fsp3) is 0.125. The Morgan fingerprint density at radius 1 is 1.00 bits per heavy atom. The molecule has 0 bridgehead atoms. The van der Waals surface area contributed by atoms with E-state index in [1.807, 2.05) is 6.07 Å². The highest BCUT2D eigenvalue weighted by Gasteiger charge is 2.22. The molecule has 1 amide bonds. The first-order valence-electron chi connectivity index (χ1n) is 9.81. The van der Waals surface area contributed by atoms with Gasteiger partial charge >= 0.3 is 5.97 Å². The molecule has 1 aromatic carbocycles. The van der Waals surface area contributed by atoms with E-state index >= 15 is 0 Å². The van der Waals surface area contributed by atoms with Gasteiger partial charge in [-0.05, 0) is 37.3 Å². The van der Waals surface area contributed by atoms with Gasteiger partial charge < -0.3 is 18.9 Å². The molecule has 0 atom stereocenters. The summed E-state index contributed by atoms with van der Waals surface area (Å²) in [5.41, 5.74) is 1.80. The molecule has 3 heterocycles. The van der Waals surface area contributed by atoms with Gasteiger partial charge in [0.1, 0.15) is 5.76 Å². The zero-order valence-corrected chi connectivity index (χ0v) is 16.8. The van der Waals surface area contributed by atoms with Crippen LogP contribution in [0.2, 0.25) is 0 Å². The Kier molecular flexibility index (Phi) is 5.66. The van der Waals surface area contributed by atoms with Crippen LogP contribution in [0.4, 0.5) is 0 Å². The van der Waals surface area contributed by atoms with E-state index in [4.69, 9.17) is 9.15 Å². The quantitative estimate of drug-likeness (QED) is 0.365. The maximum Gasteiger partial charge on any atom is 0.340 e. The largest absolute Gasteiger partial charge is 0.467 e. The number of aromatic nitrogens is 1. The van der Waals surface area contributed by atoms with Crippen LogP contribution < -0.4 is 5.32 Å². The van der Waals surface area contributed by atoms with E-state index in [9.17, 15) is 14.4 Å². The van der Waals surface area contributed by atoms with Crippen molar-refractivity contribution in [1.82, 2.24) is 9.72 Å². The van der Waals surface area contributed by atoms with Gasteiger partial charge in [0.2, 0.25) is 5.78 Å². The molecule has 4 aromatic rings. The number of benzene rings is 1. The highest BCUT2D eigenvalue weighted by atomic mass is 16.5. The number of carbonyl (C=O) groups is 3. The molecule has 0 aliphatic heterocycles. The summed E-state index contributed by atoms with van der Waals surface area (Å²) in [5.74, 6) is -0.493. The number of ketones is 1. The molecule has 0 radical (unpaired) electrons. The molecule has 31 heavy (non-hydrogen) atoms. The second kappa shape index (κ2) is 8.71. The fourth-order valence-corrected chi connectivity index (χ4v) is 3.31. The van der Waals surface area contributed by atoms with Crippen molar-refractivity contribution in [3.63, 3.8) is 0 Å². The first kappa shape index (κ1) is 20.2. The molecule has 1 N–H and O–H groups in total. The number of furan rings is 1. The van der Waals surface area contributed by atoms with Gasteiger partial charge in [-0.25, -0.2) is 4.79 Å². The number of rotatable bonds is 7. The third-order valence-corrected chi connectivity index (χ3v) is 4.80. The molecule has 156 valence electrons. The summed E-state index contributed by atoms with van der Waals surface area (Å²) in [6, 6.07) is 17.0. The van der Waals surface area contributed by atoms with Crippen molar-refractivity contribution in [2.45, 2.75) is 13.5 Å². The molecule has 4 rings (SSSR count). The summed E-state index contributed by atoms with van der Waals surface area (Å²) in [6.45, 7) is 2.14. The summed E-state index contributed by atoms with van der Waals surface area (Å²) in [4.78, 5) is 38.2. The van der Waals surface area contributed by atoms with Crippen LogP contribution in [0.1, 0.15) is 49.5 Å². The SMILES string of the molecule is CCOC(=O)c1cc(C(=O)c2ccccc2)n2ccc(C(=O)NCc3ccco3)cc12. The first-order chi connectivity index (χ1) is 15.1. The Hall–Kier alpha value is -4.13. The van der Waals surface area contributed by atoms with E-state index in [-0.39, 0.29) is 30.4 Å². The van der Waals surface area contributed by atoms with Gasteiger partial charge in [0.15, 0.2) is 0 Å². The van der Waals surface area contributed by atoms with Crippen molar-refractivity contribution < 1.29 is 23.5 Å². The molecule has 0 unspecified atom stereocenters. The van der Waals surface area contributed by atoms with Crippen LogP contribution in [-0.4, -0.2) is 28.7 Å². The van der Waals surface area contributed by atoms with Gasteiger partial charge in [-0.1, -0.05) is 30.3 Å².